The molecule has 110 heavy (non-hydrogen) atoms. The zero-order chi connectivity index (χ0) is 76.8. The Morgan fingerprint density at radius 3 is 0.673 bits per heavy atom. The summed E-state index contributed by atoms with van der Waals surface area (Å²) < 4.78 is 99.4. The van der Waals surface area contributed by atoms with Crippen molar-refractivity contribution in [1.82, 2.24) is 29.9 Å². The molecule has 0 atom stereocenters. The average Bonchev–Trinajstić information content (AvgIpc) is 0.802. The van der Waals surface area contributed by atoms with E-state index in [1.165, 1.54) is 47.6 Å². The number of rotatable bonds is 27. The van der Waals surface area contributed by atoms with Crippen LogP contribution in [0.5, 0.6) is 34.5 Å². The van der Waals surface area contributed by atoms with Crippen molar-refractivity contribution in [3.8, 4) is 34.5 Å². The van der Waals surface area contributed by atoms with Gasteiger partial charge in [0, 0.05) is 74.4 Å². The number of benzene rings is 8. The molecule has 0 fully saturated rings. The van der Waals surface area contributed by atoms with Crippen molar-refractivity contribution >= 4 is 42.0 Å². The minimum atomic E-state index is -4.30. The van der Waals surface area contributed by atoms with Crippen LogP contribution in [-0.4, -0.2) is 55.8 Å². The fourth-order valence-corrected chi connectivity index (χ4v) is 15.9. The van der Waals surface area contributed by atoms with Gasteiger partial charge in [-0.15, -0.1) is 0 Å². The van der Waals surface area contributed by atoms with Gasteiger partial charge in [-0.05, 0) is 301 Å². The number of ether oxygens (including phenoxy) is 6. The molecule has 18 nitrogen and oxygen atoms in total. The van der Waals surface area contributed by atoms with Crippen LogP contribution in [0.1, 0.15) is 57.0 Å². The lowest BCUT2D eigenvalue weighted by Crippen LogP contribution is -2.05. The molecule has 556 valence electrons. The first-order valence-corrected chi connectivity index (χ1v) is 40.1. The maximum Gasteiger partial charge on any atom is 0.166 e. The van der Waals surface area contributed by atoms with Gasteiger partial charge in [-0.3, -0.25) is 29.9 Å². The number of aromatic nitrogens is 6. The number of hydrogen-bond acceptors (Lipinski definition) is 18. The Labute approximate surface area is 647 Å². The molecule has 0 aliphatic rings. The molecule has 14 aromatic rings. The third kappa shape index (κ3) is 24.8. The molecule has 0 aliphatic carbocycles. The molecule has 6 heterocycles. The van der Waals surface area contributed by atoms with E-state index >= 15 is 0 Å². The third-order valence-electron chi connectivity index (χ3n) is 16.5. The molecule has 0 aliphatic heterocycles. The van der Waals surface area contributed by atoms with E-state index in [1.807, 2.05) is 159 Å². The zero-order valence-corrected chi connectivity index (χ0v) is 63.7. The standard InChI is InChI=1S/2C36H30N3O3S.2C8H10O3S/c2*1-7-34(8-2-31(1)40-25-28-13-19-37-20-14-28)43(35-9-3-32(4-10-35)41-26-29-15-21-38-22-16-29)36-11-5-33(6-12-36)42-27-30-17-23-39-24-18-30;1-6-3-4-8(7(2)5-6)12(9,10)11;1-2-7-3-5-8(6-4-7)12(9,10)11/h2*1-24H,25-27H2;3-5H,1-2H3,(H,9,10,11);3-6H,2H2,1H3,(H,9,10,11)/q2*+1;;/p-2. The van der Waals surface area contributed by atoms with Crippen molar-refractivity contribution in [2.24, 2.45) is 0 Å². The molecule has 0 saturated heterocycles. The van der Waals surface area contributed by atoms with Crippen molar-refractivity contribution in [3.63, 3.8) is 0 Å². The molecule has 14 rings (SSSR count). The quantitative estimate of drug-likeness (QED) is 0.0343. The zero-order valence-electron chi connectivity index (χ0n) is 60.4. The second-order valence-electron chi connectivity index (χ2n) is 24.5. The first-order valence-electron chi connectivity index (χ1n) is 34.8. The second kappa shape index (κ2) is 40.3. The summed E-state index contributed by atoms with van der Waals surface area (Å²) in [7, 11) is -9.28. The maximum atomic E-state index is 10.6. The minimum Gasteiger partial charge on any atom is -0.744 e. The number of aryl methyl sites for hydroxylation is 3. The molecular formula is C88H78N6O12S4. The highest BCUT2D eigenvalue weighted by atomic mass is 32.2. The molecular weight excluding hydrogens is 1460 g/mol. The highest BCUT2D eigenvalue weighted by Crippen LogP contribution is 2.37. The summed E-state index contributed by atoms with van der Waals surface area (Å²) in [5, 5.41) is 0. The van der Waals surface area contributed by atoms with E-state index in [0.29, 0.717) is 45.2 Å². The van der Waals surface area contributed by atoms with Crippen LogP contribution in [-0.2, 0) is 88.1 Å². The van der Waals surface area contributed by atoms with E-state index in [2.05, 4.69) is 103 Å². The monoisotopic (exact) mass is 1540 g/mol. The SMILES string of the molecule is CCc1ccc(S(=O)(=O)[O-])cc1.Cc1ccc(S(=O)(=O)[O-])c(C)c1.c1cc(COc2ccc([S+](c3ccc(OCc4ccncc4)cc3)c3ccc(OCc4ccncc4)cc3)cc2)ccn1.c1cc(COc2ccc([S+](c3ccc(OCc4ccncc4)cc3)c3ccc(OCc4ccncc4)cc3)cc2)ccn1. The Hall–Kier alpha value is -12.0. The fraction of sp³-hybridized carbons (Fsp3) is 0.114. The molecule has 0 amide bonds. The summed E-state index contributed by atoms with van der Waals surface area (Å²) in [6.45, 7) is 8.38. The summed E-state index contributed by atoms with van der Waals surface area (Å²) in [6.07, 6.45) is 22.1. The van der Waals surface area contributed by atoms with Crippen LogP contribution in [0.3, 0.4) is 0 Å². The van der Waals surface area contributed by atoms with Crippen molar-refractivity contribution in [1.29, 1.82) is 0 Å². The lowest BCUT2D eigenvalue weighted by atomic mass is 10.2. The number of pyridine rings is 6. The van der Waals surface area contributed by atoms with Gasteiger partial charge in [0.25, 0.3) is 0 Å². The summed E-state index contributed by atoms with van der Waals surface area (Å²) >= 11 is 0. The predicted molar refractivity (Wildman–Crippen MR) is 422 cm³/mol. The van der Waals surface area contributed by atoms with Crippen molar-refractivity contribution in [2.75, 3.05) is 0 Å². The van der Waals surface area contributed by atoms with E-state index in [9.17, 15) is 25.9 Å². The van der Waals surface area contributed by atoms with Crippen molar-refractivity contribution < 1.29 is 54.4 Å². The summed E-state index contributed by atoms with van der Waals surface area (Å²) in [5.74, 6) is 4.94. The van der Waals surface area contributed by atoms with Gasteiger partial charge in [0.2, 0.25) is 0 Å². The lowest BCUT2D eigenvalue weighted by Gasteiger charge is -2.12. The molecule has 8 aromatic carbocycles. The minimum absolute atomic E-state index is 0.131. The highest BCUT2D eigenvalue weighted by Gasteiger charge is 2.31. The van der Waals surface area contributed by atoms with E-state index in [4.69, 9.17) is 28.4 Å². The molecule has 0 N–H and O–H groups in total. The highest BCUT2D eigenvalue weighted by molar-refractivity contribution is 7.97. The van der Waals surface area contributed by atoms with Gasteiger partial charge in [0.05, 0.1) is 31.6 Å². The topological polar surface area (TPSA) is 247 Å². The molecule has 0 bridgehead atoms. The van der Waals surface area contributed by atoms with Gasteiger partial charge in [-0.2, -0.15) is 0 Å². The molecule has 0 saturated carbocycles. The summed E-state index contributed by atoms with van der Waals surface area (Å²) in [6, 6.07) is 84.3. The van der Waals surface area contributed by atoms with E-state index in [1.54, 1.807) is 106 Å². The van der Waals surface area contributed by atoms with Gasteiger partial charge in [0.1, 0.15) is 94.4 Å². The third-order valence-corrected chi connectivity index (χ3v) is 22.8. The normalized spacial score (nSPS) is 11.0. The Kier molecular flexibility index (Phi) is 28.9. The second-order valence-corrected chi connectivity index (χ2v) is 31.3. The van der Waals surface area contributed by atoms with Crippen LogP contribution in [0, 0.1) is 13.8 Å². The number of hydrogen-bond donors (Lipinski definition) is 0. The molecule has 22 heteroatoms. The number of nitrogens with zero attached hydrogens (tertiary/aromatic N) is 6. The van der Waals surface area contributed by atoms with Gasteiger partial charge >= 0.3 is 0 Å². The van der Waals surface area contributed by atoms with Gasteiger partial charge in [-0.1, -0.05) is 36.8 Å². The van der Waals surface area contributed by atoms with Crippen LogP contribution >= 0.6 is 0 Å². The summed E-state index contributed by atoms with van der Waals surface area (Å²) in [4.78, 5) is 31.3. The van der Waals surface area contributed by atoms with Gasteiger partial charge < -0.3 is 37.5 Å². The van der Waals surface area contributed by atoms with Crippen LogP contribution in [0.15, 0.2) is 374 Å². The van der Waals surface area contributed by atoms with Crippen molar-refractivity contribution in [2.45, 2.75) is 106 Å². The van der Waals surface area contributed by atoms with E-state index in [0.717, 1.165) is 85.4 Å². The molecule has 0 spiro atoms. The lowest BCUT2D eigenvalue weighted by molar-refractivity contribution is 0.305. The van der Waals surface area contributed by atoms with E-state index < -0.39 is 20.2 Å². The van der Waals surface area contributed by atoms with Crippen LogP contribution in [0.2, 0.25) is 0 Å². The predicted octanol–water partition coefficient (Wildman–Crippen LogP) is 17.8. The molecule has 0 radical (unpaired) electrons. The maximum absolute atomic E-state index is 10.6. The van der Waals surface area contributed by atoms with Crippen molar-refractivity contribution in [3.05, 3.63) is 385 Å². The average molecular weight is 1540 g/mol. The Bertz CT molecular complexity index is 4650. The van der Waals surface area contributed by atoms with Gasteiger partial charge in [-0.25, -0.2) is 16.8 Å². The smallest absolute Gasteiger partial charge is 0.166 e. The van der Waals surface area contributed by atoms with Crippen LogP contribution in [0.25, 0.3) is 0 Å². The van der Waals surface area contributed by atoms with Gasteiger partial charge in [0.15, 0.2) is 29.4 Å². The largest absolute Gasteiger partial charge is 0.744 e. The molecule has 6 aromatic heterocycles. The fourth-order valence-electron chi connectivity index (χ4n) is 10.7. The van der Waals surface area contributed by atoms with Crippen LogP contribution < -0.4 is 28.4 Å². The van der Waals surface area contributed by atoms with Crippen LogP contribution in [0.4, 0.5) is 0 Å². The first kappa shape index (κ1) is 79.0. The Morgan fingerprint density at radius 1 is 0.273 bits per heavy atom. The first-order chi connectivity index (χ1) is 53.5. The van der Waals surface area contributed by atoms with E-state index in [-0.39, 0.29) is 31.6 Å². The molecule has 0 unspecified atom stereocenters. The Morgan fingerprint density at radius 2 is 0.491 bits per heavy atom. The summed E-state index contributed by atoms with van der Waals surface area (Å²) in [5.41, 5.74) is 8.94. The Balaban J connectivity index is 0.000000168.